The molecule has 36 heavy (non-hydrogen) atoms. The molecule has 0 aliphatic heterocycles. The van der Waals surface area contributed by atoms with Crippen molar-refractivity contribution in [3.63, 3.8) is 0 Å². The van der Waals surface area contributed by atoms with Gasteiger partial charge in [-0.2, -0.15) is 0 Å². The van der Waals surface area contributed by atoms with E-state index < -0.39 is 87.4 Å². The van der Waals surface area contributed by atoms with Gasteiger partial charge in [-0.15, -0.1) is 0 Å². The zero-order chi connectivity index (χ0) is 26.9. The number of carbonyl (C=O) groups excluding carboxylic acids is 4. The van der Waals surface area contributed by atoms with Crippen molar-refractivity contribution in [2.45, 2.75) is 50.9 Å². The number of rotatable bonds is 2. The summed E-state index contributed by atoms with van der Waals surface area (Å²) in [5.74, 6) is -8.75. The third-order valence-corrected chi connectivity index (χ3v) is 6.78. The number of phenols is 1. The van der Waals surface area contributed by atoms with Crippen molar-refractivity contribution >= 4 is 35.0 Å². The minimum Gasteiger partial charge on any atom is -0.508 e. The van der Waals surface area contributed by atoms with E-state index in [-0.39, 0.29) is 17.7 Å². The second-order valence-corrected chi connectivity index (χ2v) is 10.3. The molecular formula is C24H27N3O9. The first-order valence-electron chi connectivity index (χ1n) is 11.2. The van der Waals surface area contributed by atoms with Crippen molar-refractivity contribution in [2.75, 3.05) is 5.32 Å². The lowest BCUT2D eigenvalue weighted by atomic mass is 9.58. The Bertz CT molecular complexity index is 1290. The number of nitrogens with two attached hydrogens (primary N) is 1. The van der Waals surface area contributed by atoms with Crippen molar-refractivity contribution in [3.8, 4) is 5.75 Å². The second kappa shape index (κ2) is 8.07. The van der Waals surface area contributed by atoms with Crippen molar-refractivity contribution in [2.24, 2.45) is 17.6 Å². The maximum atomic E-state index is 13.5. The fraction of sp³-hybridized carbons (Fsp3) is 0.417. The molecule has 0 bridgehead atoms. The van der Waals surface area contributed by atoms with Crippen LogP contribution >= 0.6 is 0 Å². The monoisotopic (exact) mass is 501 g/mol. The predicted molar refractivity (Wildman–Crippen MR) is 125 cm³/mol. The molecule has 0 radical (unpaired) electrons. The van der Waals surface area contributed by atoms with Crippen LogP contribution in [0, 0.1) is 11.8 Å². The molecule has 12 heteroatoms. The number of nitrogens with one attached hydrogen (secondary N) is 2. The van der Waals surface area contributed by atoms with Crippen LogP contribution in [0.4, 0.5) is 10.5 Å². The number of aliphatic hydroxyl groups excluding tert-OH is 3. The number of amides is 3. The smallest absolute Gasteiger partial charge is 0.319 e. The van der Waals surface area contributed by atoms with Gasteiger partial charge in [0.2, 0.25) is 5.78 Å². The fourth-order valence-corrected chi connectivity index (χ4v) is 5.21. The highest BCUT2D eigenvalue weighted by Crippen LogP contribution is 2.52. The first kappa shape index (κ1) is 25.2. The number of anilines is 1. The summed E-state index contributed by atoms with van der Waals surface area (Å²) in [6.45, 7) is 5.25. The number of benzene rings is 1. The number of Topliss-reactive ketones (excluding diaryl/α,β-unsaturated/α-hetero) is 2. The van der Waals surface area contributed by atoms with Crippen LogP contribution in [0.1, 0.15) is 38.3 Å². The van der Waals surface area contributed by atoms with Crippen LogP contribution in [-0.4, -0.2) is 66.3 Å². The van der Waals surface area contributed by atoms with E-state index in [1.54, 1.807) is 20.8 Å². The number of carbonyl (C=O) groups is 4. The SMILES string of the molecule is CC(C)(C)NC(=O)Nc1ccc2c(c1O)C(O)=C1C(=O)[C@]3(O)C(O)=C(C(N)=O)C(=O)C[C@@H]3[C@@H](O)[C@@H]1C2. The van der Waals surface area contributed by atoms with Crippen LogP contribution in [0.5, 0.6) is 5.75 Å². The first-order chi connectivity index (χ1) is 16.6. The molecule has 0 aromatic heterocycles. The maximum Gasteiger partial charge on any atom is 0.319 e. The summed E-state index contributed by atoms with van der Waals surface area (Å²) in [5.41, 5.74) is 0.267. The standard InChI is InChI=1S/C24H27N3O9/c1-23(2,3)27-22(35)26-11-5-4-8-6-9-14(18(31)13(8)17(11)30)19(32)24(36)10(16(9)29)7-12(28)15(20(24)33)21(25)34/h4-5,9-10,16,29-31,33,36H,6-7H2,1-3H3,(H2,25,34)(H2,26,27,35)/t9-,10-,16+,24+/m1/s1. The zero-order valence-corrected chi connectivity index (χ0v) is 19.7. The summed E-state index contributed by atoms with van der Waals surface area (Å²) in [4.78, 5) is 49.9. The van der Waals surface area contributed by atoms with E-state index in [1.807, 2.05) is 0 Å². The highest BCUT2D eigenvalue weighted by Gasteiger charge is 2.63. The highest BCUT2D eigenvalue weighted by atomic mass is 16.4. The Kier molecular flexibility index (Phi) is 5.65. The molecule has 3 aliphatic carbocycles. The summed E-state index contributed by atoms with van der Waals surface area (Å²) < 4.78 is 0. The molecule has 0 heterocycles. The normalized spacial score (nSPS) is 27.8. The minimum atomic E-state index is -2.90. The average molecular weight is 501 g/mol. The van der Waals surface area contributed by atoms with Crippen LogP contribution < -0.4 is 16.4 Å². The molecule has 1 aromatic rings. The Hall–Kier alpha value is -3.90. The molecule has 12 nitrogen and oxygen atoms in total. The summed E-state index contributed by atoms with van der Waals surface area (Å²) in [6.07, 6.45) is -2.30. The molecule has 1 fully saturated rings. The van der Waals surface area contributed by atoms with Crippen molar-refractivity contribution in [3.05, 3.63) is 40.2 Å². The zero-order valence-electron chi connectivity index (χ0n) is 19.7. The summed E-state index contributed by atoms with van der Waals surface area (Å²) in [7, 11) is 0. The molecule has 9 N–H and O–H groups in total. The number of urea groups is 1. The number of hydrogen-bond donors (Lipinski definition) is 8. The van der Waals surface area contributed by atoms with E-state index in [2.05, 4.69) is 10.6 Å². The van der Waals surface area contributed by atoms with Gasteiger partial charge in [0, 0.05) is 29.4 Å². The molecule has 4 rings (SSSR count). The van der Waals surface area contributed by atoms with E-state index in [9.17, 15) is 44.7 Å². The summed E-state index contributed by atoms with van der Waals surface area (Å²) in [5, 5.41) is 59.9. The van der Waals surface area contributed by atoms with Crippen LogP contribution in [0.2, 0.25) is 0 Å². The minimum absolute atomic E-state index is 0.0718. The molecular weight excluding hydrogens is 474 g/mol. The topological polar surface area (TPSA) is 220 Å². The van der Waals surface area contributed by atoms with Gasteiger partial charge in [0.05, 0.1) is 17.4 Å². The van der Waals surface area contributed by atoms with Gasteiger partial charge in [-0.25, -0.2) is 4.79 Å². The van der Waals surface area contributed by atoms with Gasteiger partial charge in [-0.3, -0.25) is 14.4 Å². The van der Waals surface area contributed by atoms with E-state index >= 15 is 0 Å². The number of ketones is 2. The lowest BCUT2D eigenvalue weighted by molar-refractivity contribution is -0.159. The molecule has 1 saturated carbocycles. The highest BCUT2D eigenvalue weighted by molar-refractivity contribution is 6.23. The van der Waals surface area contributed by atoms with Gasteiger partial charge in [-0.1, -0.05) is 6.07 Å². The van der Waals surface area contributed by atoms with E-state index in [0.717, 1.165) is 0 Å². The second-order valence-electron chi connectivity index (χ2n) is 10.3. The molecule has 192 valence electrons. The quantitative estimate of drug-likeness (QED) is 0.206. The average Bonchev–Trinajstić information content (AvgIpc) is 2.74. The van der Waals surface area contributed by atoms with E-state index in [4.69, 9.17) is 5.73 Å². The number of hydrogen-bond acceptors (Lipinski definition) is 9. The van der Waals surface area contributed by atoms with Crippen LogP contribution in [0.3, 0.4) is 0 Å². The molecule has 1 aromatic carbocycles. The molecule has 0 spiro atoms. The number of aliphatic hydroxyl groups is 4. The van der Waals surface area contributed by atoms with Crippen LogP contribution in [0.15, 0.2) is 29.0 Å². The van der Waals surface area contributed by atoms with Crippen LogP contribution in [-0.2, 0) is 20.8 Å². The van der Waals surface area contributed by atoms with E-state index in [1.165, 1.54) is 12.1 Å². The largest absolute Gasteiger partial charge is 0.508 e. The van der Waals surface area contributed by atoms with Crippen molar-refractivity contribution < 1.29 is 44.7 Å². The Morgan fingerprint density at radius 3 is 2.33 bits per heavy atom. The number of phenolic OH excluding ortho intramolecular Hbond substituents is 1. The molecule has 3 aliphatic rings. The number of aromatic hydroxyl groups is 1. The Morgan fingerprint density at radius 1 is 1.11 bits per heavy atom. The fourth-order valence-electron chi connectivity index (χ4n) is 5.21. The Balaban J connectivity index is 1.83. The van der Waals surface area contributed by atoms with Gasteiger partial charge in [0.1, 0.15) is 22.8 Å². The van der Waals surface area contributed by atoms with Crippen molar-refractivity contribution in [1.29, 1.82) is 0 Å². The summed E-state index contributed by atoms with van der Waals surface area (Å²) in [6, 6.07) is 2.24. The lowest BCUT2D eigenvalue weighted by Gasteiger charge is -2.48. The summed E-state index contributed by atoms with van der Waals surface area (Å²) >= 11 is 0. The van der Waals surface area contributed by atoms with Crippen molar-refractivity contribution in [1.82, 2.24) is 5.32 Å². The Morgan fingerprint density at radius 2 is 1.75 bits per heavy atom. The molecule has 3 amide bonds. The third kappa shape index (κ3) is 3.60. The lowest BCUT2D eigenvalue weighted by Crippen LogP contribution is -2.63. The molecule has 0 saturated heterocycles. The van der Waals surface area contributed by atoms with Gasteiger partial charge in [-0.05, 0) is 38.8 Å². The molecule has 0 unspecified atom stereocenters. The van der Waals surface area contributed by atoms with Gasteiger partial charge >= 0.3 is 6.03 Å². The predicted octanol–water partition coefficient (Wildman–Crippen LogP) is 0.315. The van der Waals surface area contributed by atoms with E-state index in [0.29, 0.717) is 5.56 Å². The van der Waals surface area contributed by atoms with Gasteiger partial charge in [0.25, 0.3) is 5.91 Å². The number of fused-ring (bicyclic) bond motifs is 3. The first-order valence-corrected chi connectivity index (χ1v) is 11.2. The molecule has 4 atom stereocenters. The van der Waals surface area contributed by atoms with Gasteiger partial charge in [0.15, 0.2) is 11.4 Å². The Labute approximate surface area is 205 Å². The maximum absolute atomic E-state index is 13.5. The third-order valence-electron chi connectivity index (χ3n) is 6.78. The van der Waals surface area contributed by atoms with Gasteiger partial charge < -0.3 is 41.9 Å². The number of primary amides is 1. The van der Waals surface area contributed by atoms with Crippen LogP contribution in [0.25, 0.3) is 5.76 Å².